The van der Waals surface area contributed by atoms with Gasteiger partial charge in [-0.2, -0.15) is 0 Å². The summed E-state index contributed by atoms with van der Waals surface area (Å²) < 4.78 is 181. The van der Waals surface area contributed by atoms with E-state index in [1.165, 1.54) is 0 Å². The molecule has 0 saturated carbocycles. The maximum Gasteiger partial charge on any atom is 0.408 e. The summed E-state index contributed by atoms with van der Waals surface area (Å²) in [5, 5.41) is 0. The molecule has 0 amide bonds. The number of benzene rings is 1. The van der Waals surface area contributed by atoms with Gasteiger partial charge in [-0.05, 0) is 134 Å². The molecule has 28 nitrogen and oxygen atoms in total. The SMILES string of the molecule is CCOP(=O)(OCC)N1CCCN(P(=O)(OCC)OCC)CCN(P(=O)(OCC)OCC)CCCN(Cc2cc(OC)c(CN3CCCN(P(=O)(OCC)OCC)CCN(P(=O)(OCC)OCC)CCCN(P(=O)(OCC)OCC)CC3)cc2OC)CC1. The summed E-state index contributed by atoms with van der Waals surface area (Å²) in [6, 6.07) is 3.92. The summed E-state index contributed by atoms with van der Waals surface area (Å²) in [4.78, 5) is 4.41. The molecule has 0 bridgehead atoms. The Morgan fingerprint density at radius 1 is 0.273 bits per heavy atom. The average molecular weight is 1380 g/mol. The van der Waals surface area contributed by atoms with Gasteiger partial charge in [-0.15, -0.1) is 0 Å². The zero-order valence-electron chi connectivity index (χ0n) is 55.6. The topological polar surface area (TPSA) is 258 Å². The van der Waals surface area contributed by atoms with E-state index in [2.05, 4.69) is 9.80 Å². The van der Waals surface area contributed by atoms with E-state index in [1.54, 1.807) is 125 Å². The van der Waals surface area contributed by atoms with Crippen LogP contribution in [0.15, 0.2) is 12.1 Å². The molecule has 0 atom stereocenters. The first kappa shape index (κ1) is 81.6. The maximum absolute atomic E-state index is 14.7. The summed E-state index contributed by atoms with van der Waals surface area (Å²) in [6.07, 6.45) is 1.65. The van der Waals surface area contributed by atoms with E-state index < -0.39 is 46.5 Å². The van der Waals surface area contributed by atoms with Crippen LogP contribution < -0.4 is 9.47 Å². The smallest absolute Gasteiger partial charge is 0.408 e. The number of hydrogen-bond acceptors (Lipinski definition) is 22. The monoisotopic (exact) mass is 1380 g/mol. The fourth-order valence-electron chi connectivity index (χ4n) is 10.4. The minimum atomic E-state index is -3.85. The third kappa shape index (κ3) is 25.2. The van der Waals surface area contributed by atoms with E-state index in [0.717, 1.165) is 11.1 Å². The first-order valence-electron chi connectivity index (χ1n) is 31.7. The van der Waals surface area contributed by atoms with E-state index in [4.69, 9.17) is 63.8 Å². The van der Waals surface area contributed by atoms with Gasteiger partial charge in [0, 0.05) is 116 Å². The number of nitrogens with zero attached hydrogens (tertiary/aromatic N) is 8. The van der Waals surface area contributed by atoms with Crippen LogP contribution in [0.1, 0.15) is 120 Å². The zero-order valence-corrected chi connectivity index (χ0v) is 61.0. The van der Waals surface area contributed by atoms with Gasteiger partial charge in [0.1, 0.15) is 11.5 Å². The Hall–Kier alpha value is -0.600. The van der Waals surface area contributed by atoms with Crippen molar-refractivity contribution < 1.29 is 91.1 Å². The summed E-state index contributed by atoms with van der Waals surface area (Å²) in [5.74, 6) is 1.16. The molecule has 2 aliphatic rings. The van der Waals surface area contributed by atoms with Crippen LogP contribution in [-0.2, 0) is 94.8 Å². The van der Waals surface area contributed by atoms with E-state index >= 15 is 0 Å². The van der Waals surface area contributed by atoms with Crippen LogP contribution in [0.2, 0.25) is 0 Å². The van der Waals surface area contributed by atoms with Gasteiger partial charge in [0.25, 0.3) is 0 Å². The van der Waals surface area contributed by atoms with Crippen molar-refractivity contribution in [3.05, 3.63) is 23.3 Å². The van der Waals surface area contributed by atoms with Crippen LogP contribution in [0, 0.1) is 0 Å². The lowest BCUT2D eigenvalue weighted by molar-refractivity contribution is 0.133. The minimum Gasteiger partial charge on any atom is -0.496 e. The van der Waals surface area contributed by atoms with E-state index in [-0.39, 0.29) is 158 Å². The van der Waals surface area contributed by atoms with E-state index in [0.29, 0.717) is 76.5 Å². The van der Waals surface area contributed by atoms with Crippen LogP contribution in [0.4, 0.5) is 0 Å². The molecule has 2 heterocycles. The van der Waals surface area contributed by atoms with Crippen LogP contribution >= 0.6 is 46.5 Å². The molecule has 2 aliphatic heterocycles. The van der Waals surface area contributed by atoms with E-state index in [1.807, 2.05) is 12.1 Å². The first-order valence-corrected chi connectivity index (χ1v) is 40.7. The fourth-order valence-corrected chi connectivity index (χ4v) is 21.0. The normalized spacial score (nSPS) is 19.0. The predicted molar refractivity (Wildman–Crippen MR) is 343 cm³/mol. The zero-order chi connectivity index (χ0) is 65.3. The molecule has 2 fully saturated rings. The molecule has 0 radical (unpaired) electrons. The largest absolute Gasteiger partial charge is 0.496 e. The van der Waals surface area contributed by atoms with Gasteiger partial charge in [-0.1, -0.05) is 0 Å². The highest BCUT2D eigenvalue weighted by Crippen LogP contribution is 2.58. The third-order valence-electron chi connectivity index (χ3n) is 14.1. The van der Waals surface area contributed by atoms with Gasteiger partial charge in [0.05, 0.1) is 93.5 Å². The van der Waals surface area contributed by atoms with Gasteiger partial charge in [0.2, 0.25) is 0 Å². The Labute approximate surface area is 528 Å². The first-order chi connectivity index (χ1) is 42.2. The fraction of sp³-hybridized carbons (Fsp3) is 0.889. The van der Waals surface area contributed by atoms with Crippen LogP contribution in [0.3, 0.4) is 0 Å². The van der Waals surface area contributed by atoms with Crippen LogP contribution in [0.5, 0.6) is 11.5 Å². The molecule has 0 unspecified atom stereocenters. The van der Waals surface area contributed by atoms with E-state index in [9.17, 15) is 27.4 Å². The quantitative estimate of drug-likeness (QED) is 0.0566. The standard InChI is InChI=1S/C54H112N8O20P6/c1-15-71-83(63,72-16-2)57-35-29-37-61(87(67,79-23-9)80-24-10)45-43-59(85(65,75-19-5)76-20-6)33-27-31-55(39-41-57)49-51-47-54(70-14)52(48-53(51)69-13)50-56-32-28-34-60(86(66,77-21-7)78-22-8)44-46-62(88(68,81-25-11)82-26-12)38-30-36-58(42-40-56)84(64,73-17-3)74-18-4/h47-48H,15-46,49-50H2,1-14H3. The lowest BCUT2D eigenvalue weighted by Gasteiger charge is -2.36. The number of rotatable bonds is 36. The molecule has 0 spiro atoms. The van der Waals surface area contributed by atoms with Crippen molar-refractivity contribution in [3.63, 3.8) is 0 Å². The molecule has 0 N–H and O–H groups in total. The van der Waals surface area contributed by atoms with Crippen LogP contribution in [0.25, 0.3) is 0 Å². The second kappa shape index (κ2) is 42.8. The lowest BCUT2D eigenvalue weighted by Crippen LogP contribution is -2.40. The van der Waals surface area contributed by atoms with Gasteiger partial charge in [0.15, 0.2) is 0 Å². The third-order valence-corrected chi connectivity index (χ3v) is 27.7. The molecule has 0 aromatic heterocycles. The molecular weight excluding hydrogens is 1270 g/mol. The van der Waals surface area contributed by atoms with Crippen molar-refractivity contribution in [2.75, 3.05) is 198 Å². The minimum absolute atomic E-state index is 0.122. The number of hydrogen-bond donors (Lipinski definition) is 0. The molecule has 1 aromatic rings. The lowest BCUT2D eigenvalue weighted by atomic mass is 10.1. The Morgan fingerprint density at radius 3 is 0.614 bits per heavy atom. The molecule has 34 heteroatoms. The Kier molecular flexibility index (Phi) is 39.7. The van der Waals surface area contributed by atoms with Crippen molar-refractivity contribution in [2.45, 2.75) is 122 Å². The van der Waals surface area contributed by atoms with Gasteiger partial charge >= 0.3 is 46.5 Å². The van der Waals surface area contributed by atoms with Gasteiger partial charge < -0.3 is 9.47 Å². The Balaban J connectivity index is 2.19. The van der Waals surface area contributed by atoms with Crippen molar-refractivity contribution in [1.82, 2.24) is 37.8 Å². The predicted octanol–water partition coefficient (Wildman–Crippen LogP) is 11.8. The van der Waals surface area contributed by atoms with Gasteiger partial charge in [-0.25, -0.2) is 55.4 Å². The molecule has 2 saturated heterocycles. The summed E-state index contributed by atoms with van der Waals surface area (Å²) in [5.41, 5.74) is 1.59. The second-order valence-electron chi connectivity index (χ2n) is 20.0. The Morgan fingerprint density at radius 2 is 0.443 bits per heavy atom. The van der Waals surface area contributed by atoms with Crippen molar-refractivity contribution in [1.29, 1.82) is 0 Å². The molecule has 1 aromatic carbocycles. The van der Waals surface area contributed by atoms with Crippen molar-refractivity contribution in [2.24, 2.45) is 0 Å². The summed E-state index contributed by atoms with van der Waals surface area (Å²) in [6.45, 7) is 27.4. The molecule has 3 rings (SSSR count). The Bertz CT molecular complexity index is 2190. The molecular formula is C54H112N8O20P6. The van der Waals surface area contributed by atoms with Crippen molar-refractivity contribution in [3.8, 4) is 11.5 Å². The molecule has 0 aliphatic carbocycles. The number of ether oxygens (including phenoxy) is 2. The highest BCUT2D eigenvalue weighted by molar-refractivity contribution is 7.52. The summed E-state index contributed by atoms with van der Waals surface area (Å²) >= 11 is 0. The number of methoxy groups -OCH3 is 2. The molecule has 518 valence electrons. The highest BCUT2D eigenvalue weighted by atomic mass is 31.2. The molecule has 88 heavy (non-hydrogen) atoms. The summed E-state index contributed by atoms with van der Waals surface area (Å²) in [7, 11) is -19.8. The highest BCUT2D eigenvalue weighted by Gasteiger charge is 2.42. The van der Waals surface area contributed by atoms with Crippen molar-refractivity contribution >= 4 is 46.5 Å². The van der Waals surface area contributed by atoms with Crippen LogP contribution in [-0.4, -0.2) is 236 Å². The second-order valence-corrected chi connectivity index (χ2v) is 32.1. The average Bonchev–Trinajstić information content (AvgIpc) is 3.44. The van der Waals surface area contributed by atoms with Gasteiger partial charge in [-0.3, -0.25) is 64.1 Å². The maximum atomic E-state index is 14.7.